The summed E-state index contributed by atoms with van der Waals surface area (Å²) in [7, 11) is 1.71. The summed E-state index contributed by atoms with van der Waals surface area (Å²) in [6, 6.07) is -0.480. The Bertz CT molecular complexity index is 779. The highest BCUT2D eigenvalue weighted by Gasteiger charge is 2.87. The second-order valence-corrected chi connectivity index (χ2v) is 10.4. The van der Waals surface area contributed by atoms with Crippen LogP contribution in [-0.4, -0.2) is 46.7 Å². The summed E-state index contributed by atoms with van der Waals surface area (Å²) in [5.74, 6) is -1.03. The second kappa shape index (κ2) is 5.48. The third kappa shape index (κ3) is 1.70. The van der Waals surface area contributed by atoms with Crippen molar-refractivity contribution in [2.75, 3.05) is 7.05 Å². The van der Waals surface area contributed by atoms with Gasteiger partial charge in [-0.25, -0.2) is 0 Å². The number of allylic oxidation sites excluding steroid dienone is 2. The number of aliphatic hydroxyl groups is 1. The maximum Gasteiger partial charge on any atom is 0.242 e. The molecule has 5 nitrogen and oxygen atoms in total. The third-order valence-electron chi connectivity index (χ3n) is 9.32. The van der Waals surface area contributed by atoms with Crippen LogP contribution in [0.1, 0.15) is 53.4 Å². The molecule has 2 saturated carbocycles. The van der Waals surface area contributed by atoms with Gasteiger partial charge in [0.15, 0.2) is 11.2 Å². The Kier molecular flexibility index (Phi) is 3.68. The average Bonchev–Trinajstić information content (AvgIpc) is 3.07. The minimum Gasteiger partial charge on any atom is -0.363 e. The van der Waals surface area contributed by atoms with Crippen LogP contribution in [0.2, 0.25) is 0 Å². The zero-order valence-electron chi connectivity index (χ0n) is 17.6. The molecule has 4 fully saturated rings. The van der Waals surface area contributed by atoms with Crippen LogP contribution in [0, 0.1) is 40.4 Å². The summed E-state index contributed by atoms with van der Waals surface area (Å²) in [5, 5.41) is 11.8. The molecule has 2 heterocycles. The molecule has 0 aromatic heterocycles. The summed E-state index contributed by atoms with van der Waals surface area (Å²) < 4.78 is 6.13. The zero-order valence-corrected chi connectivity index (χ0v) is 17.6. The lowest BCUT2D eigenvalue weighted by Crippen LogP contribution is -2.57. The highest BCUT2D eigenvalue weighted by atomic mass is 16.6. The Balaban J connectivity index is 1.71. The number of carbonyl (C=O) groups is 2. The molecule has 5 rings (SSSR count). The fraction of sp³-hybridized carbons (Fsp3) is 0.826. The normalized spacial score (nSPS) is 57.2. The minimum atomic E-state index is -1.72. The van der Waals surface area contributed by atoms with Crippen LogP contribution in [0.5, 0.6) is 0 Å². The fourth-order valence-electron chi connectivity index (χ4n) is 8.21. The lowest BCUT2D eigenvalue weighted by atomic mass is 9.55. The van der Waals surface area contributed by atoms with Gasteiger partial charge in [0.2, 0.25) is 11.7 Å². The van der Waals surface area contributed by atoms with Crippen molar-refractivity contribution in [1.29, 1.82) is 0 Å². The number of amides is 1. The van der Waals surface area contributed by atoms with E-state index < -0.39 is 22.7 Å². The van der Waals surface area contributed by atoms with Crippen molar-refractivity contribution in [2.24, 2.45) is 40.4 Å². The second-order valence-electron chi connectivity index (χ2n) is 10.4. The number of fused-ring (bicyclic) bond motifs is 4. The first-order valence-corrected chi connectivity index (χ1v) is 11.1. The van der Waals surface area contributed by atoms with E-state index in [1.54, 1.807) is 11.9 Å². The van der Waals surface area contributed by atoms with E-state index in [2.05, 4.69) is 26.0 Å². The molecule has 154 valence electrons. The number of Topliss-reactive ketones (excluding diaryl/α,β-unsaturated/α-hetero) is 1. The van der Waals surface area contributed by atoms with Crippen molar-refractivity contribution in [1.82, 2.24) is 4.90 Å². The van der Waals surface area contributed by atoms with E-state index in [9.17, 15) is 14.7 Å². The van der Waals surface area contributed by atoms with Crippen molar-refractivity contribution >= 4 is 11.7 Å². The molecular formula is C23H33NO4. The summed E-state index contributed by atoms with van der Waals surface area (Å²) >= 11 is 0. The fourth-order valence-corrected chi connectivity index (χ4v) is 8.21. The van der Waals surface area contributed by atoms with E-state index in [4.69, 9.17) is 4.74 Å². The molecule has 5 heteroatoms. The van der Waals surface area contributed by atoms with Gasteiger partial charge in [-0.15, -0.1) is 0 Å². The van der Waals surface area contributed by atoms with Crippen molar-refractivity contribution in [3.63, 3.8) is 0 Å². The Morgan fingerprint density at radius 1 is 1.25 bits per heavy atom. The van der Waals surface area contributed by atoms with E-state index in [1.807, 2.05) is 13.8 Å². The number of ether oxygens (including phenoxy) is 1. The lowest BCUT2D eigenvalue weighted by Gasteiger charge is -2.49. The summed E-state index contributed by atoms with van der Waals surface area (Å²) in [4.78, 5) is 29.6. The molecule has 2 saturated heterocycles. The first-order valence-electron chi connectivity index (χ1n) is 11.1. The summed E-state index contributed by atoms with van der Waals surface area (Å²) in [6.07, 6.45) is 8.01. The third-order valence-corrected chi connectivity index (χ3v) is 9.32. The van der Waals surface area contributed by atoms with Gasteiger partial charge < -0.3 is 14.7 Å². The molecule has 0 aromatic rings. The minimum absolute atomic E-state index is 0.0494. The van der Waals surface area contributed by atoms with E-state index in [0.29, 0.717) is 18.3 Å². The van der Waals surface area contributed by atoms with Crippen LogP contribution in [0.15, 0.2) is 12.2 Å². The molecule has 1 spiro atoms. The maximum absolute atomic E-state index is 14.3. The highest BCUT2D eigenvalue weighted by molar-refractivity contribution is 6.14. The molecule has 2 aliphatic heterocycles. The summed E-state index contributed by atoms with van der Waals surface area (Å²) in [6.45, 7) is 8.26. The van der Waals surface area contributed by atoms with Crippen LogP contribution in [0.25, 0.3) is 0 Å². The smallest absolute Gasteiger partial charge is 0.242 e. The maximum atomic E-state index is 14.3. The van der Waals surface area contributed by atoms with Gasteiger partial charge in [0, 0.05) is 18.4 Å². The van der Waals surface area contributed by atoms with Crippen LogP contribution in [-0.2, 0) is 14.3 Å². The van der Waals surface area contributed by atoms with Crippen LogP contribution < -0.4 is 0 Å². The van der Waals surface area contributed by atoms with Gasteiger partial charge in [-0.2, -0.15) is 0 Å². The Morgan fingerprint density at radius 2 is 1.96 bits per heavy atom. The molecule has 0 radical (unpaired) electrons. The Hall–Kier alpha value is -1.20. The van der Waals surface area contributed by atoms with Crippen LogP contribution >= 0.6 is 0 Å². The molecule has 5 aliphatic rings. The van der Waals surface area contributed by atoms with Crippen LogP contribution in [0.3, 0.4) is 0 Å². The number of hydrogen-bond donors (Lipinski definition) is 1. The zero-order chi connectivity index (χ0) is 20.2. The molecule has 28 heavy (non-hydrogen) atoms. The lowest BCUT2D eigenvalue weighted by molar-refractivity contribution is -0.237. The number of nitrogens with zero attached hydrogens (tertiary/aromatic N) is 1. The number of hydrogen-bond acceptors (Lipinski definition) is 4. The van der Waals surface area contributed by atoms with E-state index in [1.165, 1.54) is 0 Å². The standard InChI is InChI=1S/C23H33NO4/c1-6-17-23(27)22(20(26)24(17)5)18(13(3)28-23)16-10-8-14-11-12(2)7-9-15(14)21(16,4)19(22)25/h8,10,12-18,27H,6-7,9,11H2,1-5H3/t12-,13-,14-,15-,16+,17+,18+,21+,22+,23+/m1/s1. The van der Waals surface area contributed by atoms with Crippen LogP contribution in [0.4, 0.5) is 0 Å². The number of rotatable bonds is 1. The molecule has 0 unspecified atom stereocenters. The Morgan fingerprint density at radius 3 is 2.64 bits per heavy atom. The van der Waals surface area contributed by atoms with Gasteiger partial charge in [-0.05, 0) is 49.9 Å². The van der Waals surface area contributed by atoms with Gasteiger partial charge in [-0.1, -0.05) is 39.3 Å². The number of ketones is 1. The highest BCUT2D eigenvalue weighted by Crippen LogP contribution is 2.72. The van der Waals surface area contributed by atoms with Crippen molar-refractivity contribution in [2.45, 2.75) is 71.3 Å². The summed E-state index contributed by atoms with van der Waals surface area (Å²) in [5.41, 5.74) is -2.06. The van der Waals surface area contributed by atoms with Crippen molar-refractivity contribution in [3.8, 4) is 0 Å². The topological polar surface area (TPSA) is 66.8 Å². The van der Waals surface area contributed by atoms with Gasteiger partial charge in [0.05, 0.1) is 12.1 Å². The number of likely N-dealkylation sites (tertiary alicyclic amines) is 1. The quantitative estimate of drug-likeness (QED) is 0.555. The SMILES string of the molecule is CC[C@@H]1N(C)C(=O)[C@@]23C(=O)[C@@]4(C)[C@@H]5CC[C@@H](C)C[C@H]5C=C[C@H]4[C@@H]2[C@@H](C)O[C@@]13O. The first kappa shape index (κ1) is 18.8. The molecule has 1 amide bonds. The van der Waals surface area contributed by atoms with Gasteiger partial charge in [0.1, 0.15) is 0 Å². The predicted octanol–water partition coefficient (Wildman–Crippen LogP) is 2.77. The molecule has 1 N–H and O–H groups in total. The number of likely N-dealkylation sites (N-methyl/N-ethyl adjacent to an activating group) is 1. The molecular weight excluding hydrogens is 354 g/mol. The first-order chi connectivity index (χ1) is 13.2. The van der Waals surface area contributed by atoms with Gasteiger partial charge in [0.25, 0.3) is 0 Å². The van der Waals surface area contributed by atoms with E-state index in [-0.39, 0.29) is 35.5 Å². The largest absolute Gasteiger partial charge is 0.363 e. The van der Waals surface area contributed by atoms with Gasteiger partial charge >= 0.3 is 0 Å². The molecule has 0 aromatic carbocycles. The van der Waals surface area contributed by atoms with E-state index in [0.717, 1.165) is 19.3 Å². The average molecular weight is 388 g/mol. The van der Waals surface area contributed by atoms with Gasteiger partial charge in [-0.3, -0.25) is 9.59 Å². The molecule has 0 bridgehead atoms. The predicted molar refractivity (Wildman–Crippen MR) is 104 cm³/mol. The number of carbonyl (C=O) groups excluding carboxylic acids is 2. The van der Waals surface area contributed by atoms with Crippen molar-refractivity contribution < 1.29 is 19.4 Å². The molecule has 3 aliphatic carbocycles. The Labute approximate surface area is 167 Å². The van der Waals surface area contributed by atoms with Crippen molar-refractivity contribution in [3.05, 3.63) is 12.2 Å². The monoisotopic (exact) mass is 387 g/mol. The molecule has 10 atom stereocenters. The van der Waals surface area contributed by atoms with E-state index >= 15 is 0 Å².